The average molecular weight is 569 g/mol. The molecule has 0 heteroatoms. The van der Waals surface area contributed by atoms with E-state index in [0.29, 0.717) is 10.8 Å². The third kappa shape index (κ3) is 5.24. The number of fused-ring (bicyclic) bond motifs is 5. The summed E-state index contributed by atoms with van der Waals surface area (Å²) in [5.74, 6) is 16.9. The van der Waals surface area contributed by atoms with Gasteiger partial charge >= 0.3 is 0 Å². The molecule has 4 aliphatic carbocycles. The van der Waals surface area contributed by atoms with Crippen LogP contribution in [0.2, 0.25) is 0 Å². The van der Waals surface area contributed by atoms with Crippen LogP contribution >= 0.6 is 0 Å². The van der Waals surface area contributed by atoms with E-state index in [-0.39, 0.29) is 0 Å². The monoisotopic (exact) mass is 569 g/mol. The van der Waals surface area contributed by atoms with E-state index in [1.807, 2.05) is 0 Å². The van der Waals surface area contributed by atoms with Crippen LogP contribution in [0, 0.1) is 129 Å². The minimum Gasteiger partial charge on any atom is -0.0625 e. The molecule has 0 aromatic heterocycles. The molecule has 4 fully saturated rings. The van der Waals surface area contributed by atoms with Crippen LogP contribution in [0.4, 0.5) is 0 Å². The molecule has 4 saturated carbocycles. The van der Waals surface area contributed by atoms with E-state index < -0.39 is 0 Å². The van der Waals surface area contributed by atoms with E-state index in [9.17, 15) is 0 Å². The molecule has 0 heterocycles. The van der Waals surface area contributed by atoms with E-state index >= 15 is 0 Å². The molecule has 4 rings (SSSR count). The van der Waals surface area contributed by atoms with Gasteiger partial charge in [-0.25, -0.2) is 0 Å². The first-order chi connectivity index (χ1) is 18.7. The quantitative estimate of drug-likeness (QED) is 0.316. The standard InChI is InChI=1S/C41H76/c1-20(2)21(3)23(5)33-25(7)27(9)37-34(30(33)12)26(8)28(10)38-36-24(6)22(4)32(19-40(14,15)16)29(11)35(36)31(13)41(17,18)39(37)38/h20-39H,19H2,1-18H3. The summed E-state index contributed by atoms with van der Waals surface area (Å²) in [6.07, 6.45) is 1.39. The highest BCUT2D eigenvalue weighted by molar-refractivity contribution is 5.14. The van der Waals surface area contributed by atoms with Crippen molar-refractivity contribution in [3.05, 3.63) is 0 Å². The zero-order chi connectivity index (χ0) is 31.3. The summed E-state index contributed by atoms with van der Waals surface area (Å²) in [5, 5.41) is 0. The molecule has 0 nitrogen and oxygen atoms in total. The van der Waals surface area contributed by atoms with Gasteiger partial charge in [0.1, 0.15) is 0 Å². The Morgan fingerprint density at radius 3 is 1.51 bits per heavy atom. The lowest BCUT2D eigenvalue weighted by Crippen LogP contribution is -2.67. The Hall–Kier alpha value is 0. The highest BCUT2D eigenvalue weighted by Crippen LogP contribution is 2.72. The Morgan fingerprint density at radius 1 is 0.537 bits per heavy atom. The summed E-state index contributed by atoms with van der Waals surface area (Å²) in [6, 6.07) is 0. The second-order valence-electron chi connectivity index (χ2n) is 19.9. The van der Waals surface area contributed by atoms with E-state index in [1.165, 1.54) is 6.42 Å². The van der Waals surface area contributed by atoms with Crippen molar-refractivity contribution in [2.75, 3.05) is 0 Å². The molecule has 0 bridgehead atoms. The largest absolute Gasteiger partial charge is 0.0625 e. The van der Waals surface area contributed by atoms with Gasteiger partial charge in [-0.1, -0.05) is 125 Å². The second-order valence-corrected chi connectivity index (χ2v) is 19.9. The number of hydrogen-bond donors (Lipinski definition) is 0. The Morgan fingerprint density at radius 2 is 1.00 bits per heavy atom. The van der Waals surface area contributed by atoms with Crippen LogP contribution in [0.1, 0.15) is 131 Å². The van der Waals surface area contributed by atoms with Crippen LogP contribution in [-0.2, 0) is 0 Å². The highest BCUT2D eigenvalue weighted by atomic mass is 14.7. The molecular formula is C41H76. The fourth-order valence-electron chi connectivity index (χ4n) is 13.8. The van der Waals surface area contributed by atoms with Crippen LogP contribution < -0.4 is 0 Å². The van der Waals surface area contributed by atoms with Gasteiger partial charge in [-0.05, 0) is 136 Å². The molecule has 240 valence electrons. The smallest absolute Gasteiger partial charge is 0.0292 e. The topological polar surface area (TPSA) is 0 Å². The first kappa shape index (κ1) is 33.9. The highest BCUT2D eigenvalue weighted by Gasteiger charge is 2.67. The minimum atomic E-state index is 0.404. The van der Waals surface area contributed by atoms with Gasteiger partial charge in [0.15, 0.2) is 0 Å². The van der Waals surface area contributed by atoms with Crippen LogP contribution in [-0.4, -0.2) is 0 Å². The number of hydrogen-bond acceptors (Lipinski definition) is 0. The third-order valence-corrected chi connectivity index (χ3v) is 16.8. The van der Waals surface area contributed by atoms with Gasteiger partial charge < -0.3 is 0 Å². The Balaban J connectivity index is 1.79. The summed E-state index contributed by atoms with van der Waals surface area (Å²) >= 11 is 0. The molecule has 0 saturated heterocycles. The predicted molar refractivity (Wildman–Crippen MR) is 181 cm³/mol. The lowest BCUT2D eigenvalue weighted by Gasteiger charge is -2.72. The molecule has 0 spiro atoms. The zero-order valence-corrected chi connectivity index (χ0v) is 31.3. The fraction of sp³-hybridized carbons (Fsp3) is 1.00. The van der Waals surface area contributed by atoms with Crippen molar-refractivity contribution < 1.29 is 0 Å². The summed E-state index contributed by atoms with van der Waals surface area (Å²) in [5.41, 5.74) is 0.821. The Bertz CT molecular complexity index is 888. The van der Waals surface area contributed by atoms with Gasteiger partial charge in [-0.2, -0.15) is 0 Å². The van der Waals surface area contributed by atoms with E-state index in [4.69, 9.17) is 0 Å². The number of rotatable bonds is 4. The van der Waals surface area contributed by atoms with Crippen molar-refractivity contribution >= 4 is 0 Å². The molecule has 0 aromatic rings. The van der Waals surface area contributed by atoms with Gasteiger partial charge in [-0.15, -0.1) is 0 Å². The average Bonchev–Trinajstić information content (AvgIpc) is 2.86. The lowest BCUT2D eigenvalue weighted by molar-refractivity contribution is -0.243. The molecule has 0 N–H and O–H groups in total. The Labute approximate surface area is 259 Å². The molecule has 4 aliphatic rings. The molecule has 19 atom stereocenters. The summed E-state index contributed by atoms with van der Waals surface area (Å²) in [7, 11) is 0. The SMILES string of the molecule is CC(C)C(C)C(C)C1C(C)C(C)C2C(C(C)C(C)C3C4C(C)C(C)C(CC(C)(C)C)C(C)C4C(C)C(C)(C)C23)C1C. The van der Waals surface area contributed by atoms with E-state index in [0.717, 1.165) is 118 Å². The molecule has 41 heavy (non-hydrogen) atoms. The van der Waals surface area contributed by atoms with Gasteiger partial charge in [0.05, 0.1) is 0 Å². The first-order valence-corrected chi connectivity index (χ1v) is 18.7. The summed E-state index contributed by atoms with van der Waals surface area (Å²) in [6.45, 7) is 47.5. The van der Waals surface area contributed by atoms with Gasteiger partial charge in [0.2, 0.25) is 0 Å². The molecular weight excluding hydrogens is 492 g/mol. The van der Waals surface area contributed by atoms with E-state index in [1.54, 1.807) is 0 Å². The molecule has 19 unspecified atom stereocenters. The van der Waals surface area contributed by atoms with Crippen molar-refractivity contribution in [3.8, 4) is 0 Å². The third-order valence-electron chi connectivity index (χ3n) is 16.8. The summed E-state index contributed by atoms with van der Waals surface area (Å²) < 4.78 is 0. The maximum atomic E-state index is 2.76. The maximum absolute atomic E-state index is 2.76. The molecule has 0 amide bonds. The van der Waals surface area contributed by atoms with Gasteiger partial charge in [-0.3, -0.25) is 0 Å². The first-order valence-electron chi connectivity index (χ1n) is 18.7. The van der Waals surface area contributed by atoms with E-state index in [2.05, 4.69) is 125 Å². The summed E-state index contributed by atoms with van der Waals surface area (Å²) in [4.78, 5) is 0. The fourth-order valence-corrected chi connectivity index (χ4v) is 13.8. The van der Waals surface area contributed by atoms with Crippen LogP contribution in [0.25, 0.3) is 0 Å². The maximum Gasteiger partial charge on any atom is -0.0292 e. The minimum absolute atomic E-state index is 0.404. The van der Waals surface area contributed by atoms with Crippen molar-refractivity contribution in [1.82, 2.24) is 0 Å². The van der Waals surface area contributed by atoms with Crippen LogP contribution in [0.3, 0.4) is 0 Å². The molecule has 0 radical (unpaired) electrons. The van der Waals surface area contributed by atoms with Gasteiger partial charge in [0.25, 0.3) is 0 Å². The lowest BCUT2D eigenvalue weighted by atomic mass is 9.33. The zero-order valence-electron chi connectivity index (χ0n) is 31.3. The Kier molecular flexibility index (Phi) is 9.44. The predicted octanol–water partition coefficient (Wildman–Crippen LogP) is 12.1. The van der Waals surface area contributed by atoms with Gasteiger partial charge in [0, 0.05) is 0 Å². The molecule has 0 aliphatic heterocycles. The van der Waals surface area contributed by atoms with Crippen molar-refractivity contribution in [1.29, 1.82) is 0 Å². The second kappa shape index (κ2) is 11.4. The normalized spacial score (nSPS) is 53.2. The van der Waals surface area contributed by atoms with Crippen molar-refractivity contribution in [2.24, 2.45) is 129 Å². The van der Waals surface area contributed by atoms with Crippen LogP contribution in [0.15, 0.2) is 0 Å². The van der Waals surface area contributed by atoms with Crippen LogP contribution in [0.5, 0.6) is 0 Å². The van der Waals surface area contributed by atoms with Crippen molar-refractivity contribution in [2.45, 2.75) is 131 Å². The van der Waals surface area contributed by atoms with Crippen molar-refractivity contribution in [3.63, 3.8) is 0 Å². The molecule has 0 aromatic carbocycles.